The molecule has 4 N–H and O–H groups in total. The van der Waals surface area contributed by atoms with Gasteiger partial charge in [0.25, 0.3) is 5.91 Å². The minimum atomic E-state index is -0.179. The van der Waals surface area contributed by atoms with Crippen molar-refractivity contribution in [3.8, 4) is 0 Å². The quantitative estimate of drug-likeness (QED) is 0.718. The molecule has 0 aliphatic carbocycles. The lowest BCUT2D eigenvalue weighted by atomic mass is 10.1. The summed E-state index contributed by atoms with van der Waals surface area (Å²) < 4.78 is 0. The van der Waals surface area contributed by atoms with Gasteiger partial charge in [0.05, 0.1) is 11.3 Å². The highest BCUT2D eigenvalue weighted by molar-refractivity contribution is 6.04. The van der Waals surface area contributed by atoms with E-state index in [1.54, 1.807) is 24.3 Å². The smallest absolute Gasteiger partial charge is 0.253 e. The second kappa shape index (κ2) is 8.42. The first-order valence-corrected chi connectivity index (χ1v) is 7.33. The van der Waals surface area contributed by atoms with Crippen molar-refractivity contribution in [1.29, 1.82) is 0 Å². The van der Waals surface area contributed by atoms with Gasteiger partial charge < -0.3 is 16.4 Å². The first-order chi connectivity index (χ1) is 9.95. The van der Waals surface area contributed by atoms with Crippen LogP contribution in [-0.2, 0) is 4.79 Å². The van der Waals surface area contributed by atoms with Gasteiger partial charge in [-0.3, -0.25) is 9.59 Å². The molecule has 1 aromatic carbocycles. The lowest BCUT2D eigenvalue weighted by Gasteiger charge is -2.15. The van der Waals surface area contributed by atoms with E-state index in [2.05, 4.69) is 10.6 Å². The Bertz CT molecular complexity index is 486. The molecule has 0 saturated heterocycles. The molecule has 0 aliphatic heterocycles. The lowest BCUT2D eigenvalue weighted by Crippen LogP contribution is -2.29. The number of para-hydroxylation sites is 1. The molecule has 0 saturated carbocycles. The first-order valence-electron chi connectivity index (χ1n) is 7.33. The van der Waals surface area contributed by atoms with Crippen molar-refractivity contribution in [3.05, 3.63) is 29.8 Å². The van der Waals surface area contributed by atoms with Gasteiger partial charge in [0.15, 0.2) is 0 Å². The van der Waals surface area contributed by atoms with E-state index in [0.717, 1.165) is 0 Å². The molecular weight excluding hydrogens is 266 g/mol. The molecule has 0 spiro atoms. The van der Waals surface area contributed by atoms with Gasteiger partial charge in [-0.25, -0.2) is 0 Å². The number of benzene rings is 1. The van der Waals surface area contributed by atoms with Gasteiger partial charge in [0, 0.05) is 12.5 Å². The van der Waals surface area contributed by atoms with Crippen molar-refractivity contribution >= 4 is 17.5 Å². The van der Waals surface area contributed by atoms with Crippen LogP contribution in [0.5, 0.6) is 0 Å². The van der Waals surface area contributed by atoms with Crippen molar-refractivity contribution < 1.29 is 9.59 Å². The summed E-state index contributed by atoms with van der Waals surface area (Å²) >= 11 is 0. The molecule has 1 aromatic rings. The standard InChI is InChI=1S/C16H25N3O2/c1-11(2)10-18-16(21)13-6-4-5-7-14(13)19-15(20)12(3)8-9-17/h4-7,11-12H,8-10,17H2,1-3H3,(H,18,21)(H,19,20). The number of hydrogen-bond acceptors (Lipinski definition) is 3. The van der Waals surface area contributed by atoms with E-state index in [0.29, 0.717) is 36.7 Å². The largest absolute Gasteiger partial charge is 0.352 e. The van der Waals surface area contributed by atoms with Crippen LogP contribution in [0.25, 0.3) is 0 Å². The van der Waals surface area contributed by atoms with Crippen LogP contribution in [0.2, 0.25) is 0 Å². The number of rotatable bonds is 7. The minimum Gasteiger partial charge on any atom is -0.352 e. The third-order valence-electron chi connectivity index (χ3n) is 3.15. The van der Waals surface area contributed by atoms with E-state index in [1.165, 1.54) is 0 Å². The van der Waals surface area contributed by atoms with Crippen LogP contribution < -0.4 is 16.4 Å². The van der Waals surface area contributed by atoms with Crippen molar-refractivity contribution in [3.63, 3.8) is 0 Å². The molecule has 1 atom stereocenters. The monoisotopic (exact) mass is 291 g/mol. The molecule has 0 bridgehead atoms. The highest BCUT2D eigenvalue weighted by Gasteiger charge is 2.16. The molecule has 21 heavy (non-hydrogen) atoms. The average Bonchev–Trinajstić information content (AvgIpc) is 2.45. The molecule has 2 amide bonds. The van der Waals surface area contributed by atoms with Crippen molar-refractivity contribution in [2.45, 2.75) is 27.2 Å². The predicted octanol–water partition coefficient (Wildman–Crippen LogP) is 2.00. The molecule has 5 heteroatoms. The zero-order valence-corrected chi connectivity index (χ0v) is 13.0. The maximum Gasteiger partial charge on any atom is 0.253 e. The zero-order valence-electron chi connectivity index (χ0n) is 13.0. The van der Waals surface area contributed by atoms with Crippen LogP contribution in [0.15, 0.2) is 24.3 Å². The Kier molecular flexibility index (Phi) is 6.88. The highest BCUT2D eigenvalue weighted by Crippen LogP contribution is 2.16. The van der Waals surface area contributed by atoms with Crippen LogP contribution in [0.1, 0.15) is 37.6 Å². The second-order valence-electron chi connectivity index (χ2n) is 5.62. The number of nitrogens with two attached hydrogens (primary N) is 1. The SMILES string of the molecule is CC(C)CNC(=O)c1ccccc1NC(=O)C(C)CCN. The van der Waals surface area contributed by atoms with Crippen LogP contribution in [0.4, 0.5) is 5.69 Å². The Morgan fingerprint density at radius 2 is 1.86 bits per heavy atom. The van der Waals surface area contributed by atoms with E-state index in [4.69, 9.17) is 5.73 Å². The molecule has 0 radical (unpaired) electrons. The minimum absolute atomic E-state index is 0.121. The average molecular weight is 291 g/mol. The van der Waals surface area contributed by atoms with Gasteiger partial charge in [0.2, 0.25) is 5.91 Å². The molecule has 5 nitrogen and oxygen atoms in total. The summed E-state index contributed by atoms with van der Waals surface area (Å²) in [5.41, 5.74) is 6.48. The van der Waals surface area contributed by atoms with Crippen molar-refractivity contribution in [2.24, 2.45) is 17.6 Å². The van der Waals surface area contributed by atoms with Crippen LogP contribution >= 0.6 is 0 Å². The summed E-state index contributed by atoms with van der Waals surface area (Å²) in [5.74, 6) is -0.0994. The molecule has 116 valence electrons. The topological polar surface area (TPSA) is 84.2 Å². The molecule has 1 rings (SSSR count). The fraction of sp³-hybridized carbons (Fsp3) is 0.500. The Labute approximate surface area is 126 Å². The molecular formula is C16H25N3O2. The highest BCUT2D eigenvalue weighted by atomic mass is 16.2. The lowest BCUT2D eigenvalue weighted by molar-refractivity contribution is -0.119. The third-order valence-corrected chi connectivity index (χ3v) is 3.15. The van der Waals surface area contributed by atoms with E-state index < -0.39 is 0 Å². The van der Waals surface area contributed by atoms with Gasteiger partial charge in [-0.05, 0) is 31.0 Å². The van der Waals surface area contributed by atoms with Gasteiger partial charge >= 0.3 is 0 Å². The predicted molar refractivity (Wildman–Crippen MR) is 85.1 cm³/mol. The number of amides is 2. The number of nitrogens with one attached hydrogen (secondary N) is 2. The van der Waals surface area contributed by atoms with Gasteiger partial charge in [-0.15, -0.1) is 0 Å². The van der Waals surface area contributed by atoms with Crippen LogP contribution in [0, 0.1) is 11.8 Å². The summed E-state index contributed by atoms with van der Waals surface area (Å²) in [6.07, 6.45) is 0.619. The van der Waals surface area contributed by atoms with Gasteiger partial charge in [0.1, 0.15) is 0 Å². The third kappa shape index (κ3) is 5.55. The molecule has 0 fully saturated rings. The molecule has 0 heterocycles. The first kappa shape index (κ1) is 17.2. The second-order valence-corrected chi connectivity index (χ2v) is 5.62. The van der Waals surface area contributed by atoms with E-state index >= 15 is 0 Å². The number of carbonyl (C=O) groups is 2. The van der Waals surface area contributed by atoms with Crippen molar-refractivity contribution in [1.82, 2.24) is 5.32 Å². The van der Waals surface area contributed by atoms with Crippen LogP contribution in [0.3, 0.4) is 0 Å². The Morgan fingerprint density at radius 3 is 2.48 bits per heavy atom. The van der Waals surface area contributed by atoms with E-state index in [9.17, 15) is 9.59 Å². The van der Waals surface area contributed by atoms with Gasteiger partial charge in [-0.2, -0.15) is 0 Å². The molecule has 1 unspecified atom stereocenters. The van der Waals surface area contributed by atoms with Crippen LogP contribution in [-0.4, -0.2) is 24.9 Å². The Morgan fingerprint density at radius 1 is 1.19 bits per heavy atom. The molecule has 0 aromatic heterocycles. The van der Waals surface area contributed by atoms with E-state index in [-0.39, 0.29) is 17.7 Å². The summed E-state index contributed by atoms with van der Waals surface area (Å²) in [5, 5.41) is 5.66. The van der Waals surface area contributed by atoms with E-state index in [1.807, 2.05) is 20.8 Å². The number of hydrogen-bond donors (Lipinski definition) is 3. The maximum atomic E-state index is 12.2. The summed E-state index contributed by atoms with van der Waals surface area (Å²) in [6.45, 7) is 6.95. The fourth-order valence-corrected chi connectivity index (χ4v) is 1.82. The summed E-state index contributed by atoms with van der Waals surface area (Å²) in [7, 11) is 0. The Balaban J connectivity index is 2.79. The van der Waals surface area contributed by atoms with Gasteiger partial charge in [-0.1, -0.05) is 32.9 Å². The number of anilines is 1. The zero-order chi connectivity index (χ0) is 15.8. The molecule has 0 aliphatic rings. The normalized spacial score (nSPS) is 12.0. The summed E-state index contributed by atoms with van der Waals surface area (Å²) in [4.78, 5) is 24.2. The fourth-order valence-electron chi connectivity index (χ4n) is 1.82. The maximum absolute atomic E-state index is 12.2. The Hall–Kier alpha value is -1.88. The summed E-state index contributed by atoms with van der Waals surface area (Å²) in [6, 6.07) is 7.02. The number of carbonyl (C=O) groups excluding carboxylic acids is 2. The van der Waals surface area contributed by atoms with Crippen molar-refractivity contribution in [2.75, 3.05) is 18.4 Å².